The van der Waals surface area contributed by atoms with Crippen LogP contribution < -0.4 is 5.32 Å². The fourth-order valence-corrected chi connectivity index (χ4v) is 4.70. The molecule has 7 heteroatoms. The molecule has 3 atom stereocenters. The zero-order chi connectivity index (χ0) is 18.8. The molecule has 0 aromatic carbocycles. The Morgan fingerprint density at radius 2 is 1.92 bits per heavy atom. The molecular formula is C18H24N4O2S. The Labute approximate surface area is 153 Å². The van der Waals surface area contributed by atoms with Crippen molar-refractivity contribution in [3.05, 3.63) is 10.6 Å². The van der Waals surface area contributed by atoms with Crippen LogP contribution in [0.25, 0.3) is 0 Å². The molecule has 0 bridgehead atoms. The quantitative estimate of drug-likeness (QED) is 0.834. The number of nitriles is 2. The second-order valence-corrected chi connectivity index (χ2v) is 8.29. The summed E-state index contributed by atoms with van der Waals surface area (Å²) in [6.45, 7) is 7.55. The third kappa shape index (κ3) is 3.67. The van der Waals surface area contributed by atoms with E-state index >= 15 is 0 Å². The van der Waals surface area contributed by atoms with E-state index in [0.29, 0.717) is 10.6 Å². The van der Waals surface area contributed by atoms with E-state index in [-0.39, 0.29) is 23.7 Å². The van der Waals surface area contributed by atoms with Gasteiger partial charge in [0.25, 0.3) is 0 Å². The van der Waals surface area contributed by atoms with E-state index in [1.807, 2.05) is 11.0 Å². The molecule has 0 unspecified atom stereocenters. The van der Waals surface area contributed by atoms with Crippen LogP contribution in [0.5, 0.6) is 0 Å². The maximum atomic E-state index is 12.7. The van der Waals surface area contributed by atoms with Gasteiger partial charge < -0.3 is 10.2 Å². The summed E-state index contributed by atoms with van der Waals surface area (Å²) in [6.07, 6.45) is 3.13. The van der Waals surface area contributed by atoms with Gasteiger partial charge in [-0.05, 0) is 33.1 Å². The first-order valence-electron chi connectivity index (χ1n) is 8.53. The SMILES string of the molecule is C[C@H]1CCC[C@H](C)N1C(=O)CSC1=C(C#N)C(C)(C)[C@H](C#N)C(=O)N1. The van der Waals surface area contributed by atoms with Crippen LogP contribution in [0.1, 0.15) is 47.0 Å². The largest absolute Gasteiger partial charge is 0.337 e. The molecule has 2 aliphatic heterocycles. The highest BCUT2D eigenvalue weighted by Crippen LogP contribution is 2.41. The Balaban J connectivity index is 2.17. The monoisotopic (exact) mass is 360 g/mol. The lowest BCUT2D eigenvalue weighted by Gasteiger charge is -2.39. The molecule has 2 rings (SSSR count). The predicted octanol–water partition coefficient (Wildman–Crippen LogP) is 2.54. The first-order valence-corrected chi connectivity index (χ1v) is 9.51. The van der Waals surface area contributed by atoms with Gasteiger partial charge in [-0.3, -0.25) is 9.59 Å². The van der Waals surface area contributed by atoms with E-state index in [2.05, 4.69) is 25.2 Å². The van der Waals surface area contributed by atoms with Crippen LogP contribution in [0.15, 0.2) is 10.6 Å². The summed E-state index contributed by atoms with van der Waals surface area (Å²) in [5.41, 5.74) is -0.515. The lowest BCUT2D eigenvalue weighted by atomic mass is 9.72. The number of rotatable bonds is 3. The molecule has 2 amide bonds. The maximum Gasteiger partial charge on any atom is 0.243 e. The summed E-state index contributed by atoms with van der Waals surface area (Å²) >= 11 is 1.18. The number of likely N-dealkylation sites (tertiary alicyclic amines) is 1. The molecule has 0 aromatic heterocycles. The van der Waals surface area contributed by atoms with Gasteiger partial charge in [0, 0.05) is 17.5 Å². The van der Waals surface area contributed by atoms with Gasteiger partial charge in [0.2, 0.25) is 11.8 Å². The first kappa shape index (κ1) is 19.3. The molecule has 2 heterocycles. The fourth-order valence-electron chi connectivity index (χ4n) is 3.66. The van der Waals surface area contributed by atoms with Gasteiger partial charge in [-0.25, -0.2) is 0 Å². The van der Waals surface area contributed by atoms with Gasteiger partial charge in [-0.2, -0.15) is 10.5 Å². The zero-order valence-electron chi connectivity index (χ0n) is 15.1. The third-order valence-corrected chi connectivity index (χ3v) is 6.14. The number of nitrogens with zero attached hydrogens (tertiary/aromatic N) is 3. The third-order valence-electron chi connectivity index (χ3n) is 5.15. The van der Waals surface area contributed by atoms with Crippen LogP contribution >= 0.6 is 11.8 Å². The Bertz CT molecular complexity index is 676. The van der Waals surface area contributed by atoms with Gasteiger partial charge in [0.15, 0.2) is 0 Å². The predicted molar refractivity (Wildman–Crippen MR) is 95.7 cm³/mol. The zero-order valence-corrected chi connectivity index (χ0v) is 15.9. The molecule has 0 aliphatic carbocycles. The number of thioether (sulfide) groups is 1. The molecule has 0 radical (unpaired) electrons. The van der Waals surface area contributed by atoms with Crippen molar-refractivity contribution >= 4 is 23.6 Å². The minimum absolute atomic E-state index is 0.0175. The molecule has 134 valence electrons. The van der Waals surface area contributed by atoms with Crippen molar-refractivity contribution in [1.82, 2.24) is 10.2 Å². The number of nitrogens with one attached hydrogen (secondary N) is 1. The van der Waals surface area contributed by atoms with Crippen LogP contribution in [0.4, 0.5) is 0 Å². The number of amides is 2. The summed E-state index contributed by atoms with van der Waals surface area (Å²) in [6, 6.07) is 4.51. The molecule has 0 aromatic rings. The van der Waals surface area contributed by atoms with Crippen LogP contribution in [0.2, 0.25) is 0 Å². The highest BCUT2D eigenvalue weighted by atomic mass is 32.2. The van der Waals surface area contributed by atoms with E-state index in [0.717, 1.165) is 19.3 Å². The Hall–Kier alpha value is -1.99. The topological polar surface area (TPSA) is 97.0 Å². The number of carbonyl (C=O) groups is 2. The smallest absolute Gasteiger partial charge is 0.243 e. The summed E-state index contributed by atoms with van der Waals surface area (Å²) in [4.78, 5) is 26.7. The summed E-state index contributed by atoms with van der Waals surface area (Å²) in [5, 5.41) is 21.8. The Kier molecular flexibility index (Phi) is 5.80. The van der Waals surface area contributed by atoms with E-state index < -0.39 is 17.2 Å². The number of hydrogen-bond donors (Lipinski definition) is 1. The molecule has 6 nitrogen and oxygen atoms in total. The number of allylic oxidation sites excluding steroid dienone is 1. The van der Waals surface area contributed by atoms with Crippen molar-refractivity contribution in [1.29, 1.82) is 10.5 Å². The maximum absolute atomic E-state index is 12.7. The number of piperidine rings is 1. The molecular weight excluding hydrogens is 336 g/mol. The van der Waals surface area contributed by atoms with E-state index in [4.69, 9.17) is 0 Å². The highest BCUT2D eigenvalue weighted by Gasteiger charge is 2.44. The molecule has 1 N–H and O–H groups in total. The van der Waals surface area contributed by atoms with Gasteiger partial charge in [-0.1, -0.05) is 25.6 Å². The number of carbonyl (C=O) groups excluding carboxylic acids is 2. The van der Waals surface area contributed by atoms with Crippen molar-refractivity contribution < 1.29 is 9.59 Å². The second kappa shape index (κ2) is 7.49. The Morgan fingerprint density at radius 3 is 2.44 bits per heavy atom. The van der Waals surface area contributed by atoms with Gasteiger partial charge >= 0.3 is 0 Å². The second-order valence-electron chi connectivity index (χ2n) is 7.31. The molecule has 1 saturated heterocycles. The minimum atomic E-state index is -0.913. The van der Waals surface area contributed by atoms with E-state index in [1.165, 1.54) is 11.8 Å². The molecule has 25 heavy (non-hydrogen) atoms. The van der Waals surface area contributed by atoms with Crippen LogP contribution in [0, 0.1) is 34.0 Å². The average molecular weight is 360 g/mol. The van der Waals surface area contributed by atoms with Crippen LogP contribution in [-0.2, 0) is 9.59 Å². The van der Waals surface area contributed by atoms with Crippen molar-refractivity contribution in [2.24, 2.45) is 11.3 Å². The lowest BCUT2D eigenvalue weighted by molar-refractivity contribution is -0.134. The van der Waals surface area contributed by atoms with Crippen molar-refractivity contribution in [2.75, 3.05) is 5.75 Å². The molecule has 1 fully saturated rings. The highest BCUT2D eigenvalue weighted by molar-refractivity contribution is 8.03. The van der Waals surface area contributed by atoms with E-state index in [1.54, 1.807) is 13.8 Å². The molecule has 2 aliphatic rings. The first-order chi connectivity index (χ1) is 11.7. The minimum Gasteiger partial charge on any atom is -0.337 e. The van der Waals surface area contributed by atoms with E-state index in [9.17, 15) is 20.1 Å². The molecule has 0 saturated carbocycles. The standard InChI is InChI=1S/C18H24N4O2S/c1-11-6-5-7-12(2)22(11)15(23)10-25-17-14(9-20)18(3,4)13(8-19)16(24)21-17/h11-13H,5-7,10H2,1-4H3,(H,21,24)/t11-,12-,13+/m0/s1. The molecule has 0 spiro atoms. The normalized spacial score (nSPS) is 28.8. The van der Waals surface area contributed by atoms with Gasteiger partial charge in [0.05, 0.1) is 28.5 Å². The van der Waals surface area contributed by atoms with Crippen LogP contribution in [0.3, 0.4) is 0 Å². The average Bonchev–Trinajstić information content (AvgIpc) is 2.52. The summed E-state index contributed by atoms with van der Waals surface area (Å²) in [5.74, 6) is -1.14. The van der Waals surface area contributed by atoms with Gasteiger partial charge in [0.1, 0.15) is 5.92 Å². The lowest BCUT2D eigenvalue weighted by Crippen LogP contribution is -2.48. The number of hydrogen-bond acceptors (Lipinski definition) is 5. The van der Waals surface area contributed by atoms with Crippen molar-refractivity contribution in [3.63, 3.8) is 0 Å². The van der Waals surface area contributed by atoms with Crippen molar-refractivity contribution in [3.8, 4) is 12.1 Å². The van der Waals surface area contributed by atoms with Gasteiger partial charge in [-0.15, -0.1) is 0 Å². The Morgan fingerprint density at radius 1 is 1.32 bits per heavy atom. The van der Waals surface area contributed by atoms with Crippen LogP contribution in [-0.4, -0.2) is 34.6 Å². The summed E-state index contributed by atoms with van der Waals surface area (Å²) in [7, 11) is 0. The van der Waals surface area contributed by atoms with Crippen molar-refractivity contribution in [2.45, 2.75) is 59.0 Å². The fraction of sp³-hybridized carbons (Fsp3) is 0.667. The summed E-state index contributed by atoms with van der Waals surface area (Å²) < 4.78 is 0.